The van der Waals surface area contributed by atoms with Crippen LogP contribution < -0.4 is 25.3 Å². The van der Waals surface area contributed by atoms with Crippen molar-refractivity contribution in [2.24, 2.45) is 23.7 Å². The van der Waals surface area contributed by atoms with Gasteiger partial charge in [0.25, 0.3) is 11.8 Å². The number of carbonyl (C=O) groups excluding carboxylic acids is 4. The molecule has 4 aromatic rings. The zero-order chi connectivity index (χ0) is 38.9. The van der Waals surface area contributed by atoms with Gasteiger partial charge >= 0.3 is 7.12 Å². The van der Waals surface area contributed by atoms with E-state index in [1.54, 1.807) is 54.6 Å². The number of ether oxygens (including phenoxy) is 2. The fourth-order valence-corrected chi connectivity index (χ4v) is 9.61. The molecule has 280 valence electrons. The highest BCUT2D eigenvalue weighted by Crippen LogP contribution is 2.65. The predicted octanol–water partition coefficient (Wildman–Crippen LogP) is 4.59. The Morgan fingerprint density at radius 1 is 0.836 bits per heavy atom. The van der Waals surface area contributed by atoms with Gasteiger partial charge in [-0.05, 0) is 90.4 Å². The van der Waals surface area contributed by atoms with Crippen LogP contribution in [0.4, 0.5) is 11.4 Å². The van der Waals surface area contributed by atoms with Gasteiger partial charge in [0.2, 0.25) is 11.8 Å². The summed E-state index contributed by atoms with van der Waals surface area (Å²) >= 11 is 12.7. The number of anilines is 2. The summed E-state index contributed by atoms with van der Waals surface area (Å²) in [6, 6.07) is 22.0. The average Bonchev–Trinajstić information content (AvgIpc) is 3.56. The SMILES string of the molecule is COc1ccc(C23C(=O)N(Nc4ccc(Cl)cc4Cl)C(=O)C2CC2C(=CCC4C(=O)N(c5cccc(B(O)O)c5)C(=O)C42)C3c2cc(OC)ccc2O)cc1. The molecule has 55 heavy (non-hydrogen) atoms. The van der Waals surface area contributed by atoms with Crippen LogP contribution in [0.5, 0.6) is 17.2 Å². The monoisotopic (exact) mass is 781 g/mol. The maximum Gasteiger partial charge on any atom is 0.488 e. The summed E-state index contributed by atoms with van der Waals surface area (Å²) in [5, 5.41) is 32.8. The minimum atomic E-state index is -1.82. The van der Waals surface area contributed by atoms with Crippen molar-refractivity contribution >= 4 is 70.8 Å². The highest BCUT2D eigenvalue weighted by Gasteiger charge is 2.70. The van der Waals surface area contributed by atoms with Gasteiger partial charge < -0.3 is 24.6 Å². The number of phenols is 1. The molecular formula is C40H34BCl2N3O9. The van der Waals surface area contributed by atoms with Gasteiger partial charge in [-0.25, -0.2) is 0 Å². The fraction of sp³-hybridized carbons (Fsp3) is 0.250. The van der Waals surface area contributed by atoms with Crippen molar-refractivity contribution in [1.82, 2.24) is 5.01 Å². The highest BCUT2D eigenvalue weighted by atomic mass is 35.5. The number of nitrogens with one attached hydrogen (secondary N) is 1. The summed E-state index contributed by atoms with van der Waals surface area (Å²) in [4.78, 5) is 60.2. The van der Waals surface area contributed by atoms with Crippen LogP contribution in [0.3, 0.4) is 0 Å². The van der Waals surface area contributed by atoms with Crippen molar-refractivity contribution in [1.29, 1.82) is 0 Å². The zero-order valence-corrected chi connectivity index (χ0v) is 31.0. The van der Waals surface area contributed by atoms with Gasteiger partial charge in [0.05, 0.1) is 53.8 Å². The van der Waals surface area contributed by atoms with Crippen molar-refractivity contribution < 1.29 is 43.8 Å². The number of benzene rings is 4. The molecule has 6 atom stereocenters. The second-order valence-corrected chi connectivity index (χ2v) is 15.0. The number of phenolic OH excluding ortho intramolecular Hbond substituents is 1. The Labute approximate surface area is 326 Å². The Balaban J connectivity index is 1.33. The molecule has 4 N–H and O–H groups in total. The minimum Gasteiger partial charge on any atom is -0.508 e. The first kappa shape index (κ1) is 36.6. The lowest BCUT2D eigenvalue weighted by Crippen LogP contribution is -2.53. The van der Waals surface area contributed by atoms with Gasteiger partial charge in [-0.15, -0.1) is 0 Å². The number of hydrogen-bond donors (Lipinski definition) is 4. The number of fused-ring (bicyclic) bond motifs is 4. The summed E-state index contributed by atoms with van der Waals surface area (Å²) in [6.07, 6.45) is 2.00. The maximum absolute atomic E-state index is 15.4. The van der Waals surface area contributed by atoms with Crippen molar-refractivity contribution in [2.75, 3.05) is 24.5 Å². The van der Waals surface area contributed by atoms with E-state index in [1.807, 2.05) is 6.08 Å². The van der Waals surface area contributed by atoms with E-state index in [-0.39, 0.29) is 40.5 Å². The molecular weight excluding hydrogens is 748 g/mol. The highest BCUT2D eigenvalue weighted by molar-refractivity contribution is 6.58. The predicted molar refractivity (Wildman–Crippen MR) is 204 cm³/mol. The van der Waals surface area contributed by atoms with Crippen LogP contribution in [0.25, 0.3) is 0 Å². The maximum atomic E-state index is 15.4. The molecule has 2 aliphatic heterocycles. The van der Waals surface area contributed by atoms with Crippen molar-refractivity contribution in [3.8, 4) is 17.2 Å². The van der Waals surface area contributed by atoms with Crippen LogP contribution in [0.15, 0.2) is 96.6 Å². The molecule has 2 saturated heterocycles. The number of halogens is 2. The van der Waals surface area contributed by atoms with Gasteiger partial charge in [-0.1, -0.05) is 59.1 Å². The Kier molecular flexibility index (Phi) is 9.16. The summed E-state index contributed by atoms with van der Waals surface area (Å²) in [7, 11) is 1.16. The van der Waals surface area contributed by atoms with Crippen LogP contribution in [0, 0.1) is 23.7 Å². The fourth-order valence-electron chi connectivity index (χ4n) is 9.16. The summed E-state index contributed by atoms with van der Waals surface area (Å²) < 4.78 is 11.0. The molecule has 4 aromatic carbocycles. The first-order valence-electron chi connectivity index (χ1n) is 17.6. The van der Waals surface area contributed by atoms with Crippen molar-refractivity contribution in [3.63, 3.8) is 0 Å². The largest absolute Gasteiger partial charge is 0.508 e. The van der Waals surface area contributed by atoms with E-state index in [2.05, 4.69) is 5.43 Å². The smallest absolute Gasteiger partial charge is 0.488 e. The number of imide groups is 2. The third kappa shape index (κ3) is 5.59. The quantitative estimate of drug-likeness (QED) is 0.113. The van der Waals surface area contributed by atoms with E-state index in [0.717, 1.165) is 9.91 Å². The van der Waals surface area contributed by atoms with Crippen LogP contribution in [0.1, 0.15) is 29.9 Å². The molecule has 12 nitrogen and oxygen atoms in total. The molecule has 0 bridgehead atoms. The lowest BCUT2D eigenvalue weighted by molar-refractivity contribution is -0.138. The minimum absolute atomic E-state index is 0.000380. The molecule has 0 radical (unpaired) electrons. The lowest BCUT2D eigenvalue weighted by atomic mass is 9.49. The number of hydrogen-bond acceptors (Lipinski definition) is 10. The number of rotatable bonds is 8. The molecule has 2 aliphatic carbocycles. The number of aromatic hydroxyl groups is 1. The summed E-state index contributed by atoms with van der Waals surface area (Å²) in [5.41, 5.74) is 3.17. The molecule has 0 aromatic heterocycles. The number of allylic oxidation sites excluding steroid dienone is 2. The van der Waals surface area contributed by atoms with E-state index in [1.165, 1.54) is 44.6 Å². The molecule has 4 aliphatic rings. The summed E-state index contributed by atoms with van der Waals surface area (Å²) in [5.74, 6) is -6.08. The Morgan fingerprint density at radius 2 is 1.56 bits per heavy atom. The Bertz CT molecular complexity index is 2300. The third-order valence-corrected chi connectivity index (χ3v) is 12.1. The van der Waals surface area contributed by atoms with Gasteiger partial charge in [0.15, 0.2) is 0 Å². The zero-order valence-electron chi connectivity index (χ0n) is 29.5. The van der Waals surface area contributed by atoms with Crippen LogP contribution in [-0.2, 0) is 24.6 Å². The standard InChI is InChI=1S/C40H34BCl2N3O9/c1-54-24-9-6-20(7-10-24)40-30(37(49)46(39(40)51)44-32-14-8-22(42)17-31(32)43)19-28-26(35(40)29-18-25(55-2)11-15-33(29)47)12-13-27-34(28)38(50)45(36(27)48)23-5-3-4-21(16-23)41(52)53/h3-12,14-18,27-28,30,34-35,44,47,52-53H,13,19H2,1-2H3. The van der Waals surface area contributed by atoms with Crippen LogP contribution in [-0.4, -0.2) is 65.1 Å². The Hall–Kier alpha value is -5.34. The molecule has 8 rings (SSSR count). The molecule has 2 heterocycles. The van der Waals surface area contributed by atoms with Crippen molar-refractivity contribution in [2.45, 2.75) is 24.2 Å². The first-order valence-corrected chi connectivity index (χ1v) is 18.3. The number of amides is 4. The normalized spacial score (nSPS) is 25.6. The molecule has 1 saturated carbocycles. The lowest BCUT2D eigenvalue weighted by Gasteiger charge is -2.50. The topological polar surface area (TPSA) is 166 Å². The first-order chi connectivity index (χ1) is 26.4. The second-order valence-electron chi connectivity index (χ2n) is 14.1. The molecule has 4 amide bonds. The molecule has 0 spiro atoms. The number of carbonyl (C=O) groups is 4. The van der Waals surface area contributed by atoms with E-state index >= 15 is 4.79 Å². The third-order valence-electron chi connectivity index (χ3n) is 11.6. The van der Waals surface area contributed by atoms with E-state index < -0.39 is 65.8 Å². The van der Waals surface area contributed by atoms with Gasteiger partial charge in [0.1, 0.15) is 17.2 Å². The van der Waals surface area contributed by atoms with E-state index in [4.69, 9.17) is 32.7 Å². The number of nitrogens with zero attached hydrogens (tertiary/aromatic N) is 2. The second kappa shape index (κ2) is 13.8. The molecule has 15 heteroatoms. The van der Waals surface area contributed by atoms with Gasteiger partial charge in [-0.3, -0.25) is 29.5 Å². The molecule has 6 unspecified atom stereocenters. The summed E-state index contributed by atoms with van der Waals surface area (Å²) in [6.45, 7) is 0. The van der Waals surface area contributed by atoms with E-state index in [9.17, 15) is 29.5 Å². The number of hydrazine groups is 1. The Morgan fingerprint density at radius 3 is 2.25 bits per heavy atom. The van der Waals surface area contributed by atoms with Crippen molar-refractivity contribution in [3.05, 3.63) is 118 Å². The van der Waals surface area contributed by atoms with Crippen LogP contribution in [0.2, 0.25) is 10.0 Å². The van der Waals surface area contributed by atoms with E-state index in [0.29, 0.717) is 33.2 Å². The average molecular weight is 782 g/mol. The van der Waals surface area contributed by atoms with Crippen LogP contribution >= 0.6 is 23.2 Å². The molecule has 3 fully saturated rings. The van der Waals surface area contributed by atoms with Gasteiger partial charge in [-0.2, -0.15) is 5.01 Å². The van der Waals surface area contributed by atoms with Gasteiger partial charge in [0, 0.05) is 16.5 Å². The number of methoxy groups -OCH3 is 2.